The first-order valence-electron chi connectivity index (χ1n) is 9.93. The topological polar surface area (TPSA) is 74.2 Å². The standard InChI is InChI=1S/C22H27NO5/c1-12(24)28-20-11-16-14(10-19(20)26-3)13-7-8-22(2)17(15(13)9-18(16)25)5-6-21(22)23-27-4/h10-11,13,15,17H,5-9H2,1-4H3/t13-,15-,17+,22+/m1/s1. The van der Waals surface area contributed by atoms with Crippen molar-refractivity contribution >= 4 is 17.5 Å². The average Bonchev–Trinajstić information content (AvgIpc) is 2.98. The van der Waals surface area contributed by atoms with Crippen LogP contribution in [0.2, 0.25) is 0 Å². The molecule has 0 saturated heterocycles. The zero-order chi connectivity index (χ0) is 20.1. The molecule has 0 aromatic heterocycles. The summed E-state index contributed by atoms with van der Waals surface area (Å²) in [5.41, 5.74) is 2.86. The molecule has 0 N–H and O–H groups in total. The molecule has 4 atom stereocenters. The number of nitrogens with zero attached hydrogens (tertiary/aromatic N) is 1. The Hall–Kier alpha value is -2.37. The summed E-state index contributed by atoms with van der Waals surface area (Å²) in [5, 5.41) is 4.31. The van der Waals surface area contributed by atoms with Crippen LogP contribution in [0.4, 0.5) is 0 Å². The number of oxime groups is 1. The molecule has 150 valence electrons. The number of carbonyl (C=O) groups excluding carboxylic acids is 2. The van der Waals surface area contributed by atoms with E-state index in [2.05, 4.69) is 12.1 Å². The van der Waals surface area contributed by atoms with Crippen LogP contribution in [0, 0.1) is 17.3 Å². The van der Waals surface area contributed by atoms with Crippen LogP contribution in [0.15, 0.2) is 17.3 Å². The third-order valence-electron chi connectivity index (χ3n) is 7.09. The van der Waals surface area contributed by atoms with E-state index in [1.807, 2.05) is 6.07 Å². The van der Waals surface area contributed by atoms with Gasteiger partial charge in [0.15, 0.2) is 17.3 Å². The highest BCUT2D eigenvalue weighted by Gasteiger charge is 2.55. The second kappa shape index (κ2) is 6.90. The van der Waals surface area contributed by atoms with Crippen molar-refractivity contribution in [3.63, 3.8) is 0 Å². The predicted octanol–water partition coefficient (Wildman–Crippen LogP) is 4.12. The molecular weight excluding hydrogens is 358 g/mol. The van der Waals surface area contributed by atoms with Gasteiger partial charge in [0.1, 0.15) is 7.11 Å². The number of rotatable bonds is 3. The van der Waals surface area contributed by atoms with Gasteiger partial charge >= 0.3 is 5.97 Å². The highest BCUT2D eigenvalue weighted by atomic mass is 16.6. The van der Waals surface area contributed by atoms with E-state index < -0.39 is 5.97 Å². The van der Waals surface area contributed by atoms with Crippen LogP contribution in [-0.4, -0.2) is 31.7 Å². The minimum absolute atomic E-state index is 0.0106. The van der Waals surface area contributed by atoms with E-state index in [4.69, 9.17) is 14.3 Å². The van der Waals surface area contributed by atoms with Crippen molar-refractivity contribution < 1.29 is 23.9 Å². The third kappa shape index (κ3) is 2.81. The number of benzene rings is 1. The number of hydrogen-bond acceptors (Lipinski definition) is 6. The molecule has 2 fully saturated rings. The normalized spacial score (nSPS) is 32.4. The zero-order valence-corrected chi connectivity index (χ0v) is 16.9. The monoisotopic (exact) mass is 385 g/mol. The van der Waals surface area contributed by atoms with Crippen molar-refractivity contribution in [3.05, 3.63) is 23.3 Å². The molecule has 3 aliphatic carbocycles. The SMILES string of the molecule is CON=C1CC[C@H]2[C@@H]3CC(=O)c4cc(OC(C)=O)c(OC)cc4[C@H]3CC[C@]12C. The third-order valence-corrected chi connectivity index (χ3v) is 7.09. The van der Waals surface area contributed by atoms with Crippen LogP contribution in [0.1, 0.15) is 67.8 Å². The molecule has 4 rings (SSSR count). The van der Waals surface area contributed by atoms with Crippen LogP contribution in [0.3, 0.4) is 0 Å². The first kappa shape index (κ1) is 19.0. The largest absolute Gasteiger partial charge is 0.493 e. The van der Waals surface area contributed by atoms with Gasteiger partial charge in [0.2, 0.25) is 0 Å². The van der Waals surface area contributed by atoms with E-state index in [0.29, 0.717) is 41.2 Å². The number of methoxy groups -OCH3 is 1. The van der Waals surface area contributed by atoms with Crippen LogP contribution in [-0.2, 0) is 9.63 Å². The van der Waals surface area contributed by atoms with Gasteiger partial charge in [-0.15, -0.1) is 0 Å². The predicted molar refractivity (Wildman–Crippen MR) is 104 cm³/mol. The Bertz CT molecular complexity index is 861. The van der Waals surface area contributed by atoms with E-state index in [-0.39, 0.29) is 11.2 Å². The Morgan fingerprint density at radius 3 is 2.68 bits per heavy atom. The van der Waals surface area contributed by atoms with Gasteiger partial charge in [-0.25, -0.2) is 0 Å². The second-order valence-electron chi connectivity index (χ2n) is 8.40. The molecule has 0 bridgehead atoms. The molecular formula is C22H27NO5. The number of esters is 1. The van der Waals surface area contributed by atoms with E-state index in [1.165, 1.54) is 6.92 Å². The molecule has 3 aliphatic rings. The van der Waals surface area contributed by atoms with Crippen LogP contribution in [0.5, 0.6) is 11.5 Å². The van der Waals surface area contributed by atoms with Crippen molar-refractivity contribution in [2.24, 2.45) is 22.4 Å². The number of ether oxygens (including phenoxy) is 2. The maximum absolute atomic E-state index is 13.0. The van der Waals surface area contributed by atoms with Gasteiger partial charge in [0.05, 0.1) is 12.8 Å². The lowest BCUT2D eigenvalue weighted by molar-refractivity contribution is -0.132. The summed E-state index contributed by atoms with van der Waals surface area (Å²) in [6.07, 6.45) is 4.54. The van der Waals surface area contributed by atoms with E-state index in [9.17, 15) is 9.59 Å². The van der Waals surface area contributed by atoms with Gasteiger partial charge in [-0.1, -0.05) is 12.1 Å². The molecule has 0 unspecified atom stereocenters. The molecule has 0 radical (unpaired) electrons. The summed E-state index contributed by atoms with van der Waals surface area (Å²) in [7, 11) is 3.15. The Labute approximate surface area is 165 Å². The van der Waals surface area contributed by atoms with Crippen molar-refractivity contribution in [2.45, 2.75) is 51.9 Å². The minimum Gasteiger partial charge on any atom is -0.493 e. The average molecular weight is 385 g/mol. The van der Waals surface area contributed by atoms with E-state index >= 15 is 0 Å². The summed E-state index contributed by atoms with van der Waals surface area (Å²) >= 11 is 0. The summed E-state index contributed by atoms with van der Waals surface area (Å²) in [5.74, 6) is 1.55. The maximum Gasteiger partial charge on any atom is 0.308 e. The number of carbonyl (C=O) groups is 2. The Kier molecular flexibility index (Phi) is 4.68. The Morgan fingerprint density at radius 1 is 1.21 bits per heavy atom. The summed E-state index contributed by atoms with van der Waals surface area (Å²) in [6, 6.07) is 3.60. The summed E-state index contributed by atoms with van der Waals surface area (Å²) in [6.45, 7) is 3.63. The van der Waals surface area contributed by atoms with Crippen molar-refractivity contribution in [3.8, 4) is 11.5 Å². The number of ketones is 1. The molecule has 0 heterocycles. The van der Waals surface area contributed by atoms with Gasteiger partial charge in [-0.3, -0.25) is 9.59 Å². The minimum atomic E-state index is -0.427. The van der Waals surface area contributed by atoms with Gasteiger partial charge < -0.3 is 14.3 Å². The molecule has 2 saturated carbocycles. The van der Waals surface area contributed by atoms with Gasteiger partial charge in [-0.2, -0.15) is 0 Å². The van der Waals surface area contributed by atoms with Crippen LogP contribution >= 0.6 is 0 Å². The maximum atomic E-state index is 13.0. The lowest BCUT2D eigenvalue weighted by Crippen LogP contribution is -2.43. The number of Topliss-reactive ketones (excluding diaryl/α,β-unsaturated/α-hetero) is 1. The number of hydrogen-bond donors (Lipinski definition) is 0. The highest BCUT2D eigenvalue weighted by Crippen LogP contribution is 2.60. The molecule has 1 aromatic rings. The lowest BCUT2D eigenvalue weighted by Gasteiger charge is -2.48. The highest BCUT2D eigenvalue weighted by molar-refractivity contribution is 6.00. The molecule has 0 spiro atoms. The fourth-order valence-corrected chi connectivity index (χ4v) is 5.85. The lowest BCUT2D eigenvalue weighted by atomic mass is 9.55. The molecule has 6 nitrogen and oxygen atoms in total. The molecule has 0 amide bonds. The second-order valence-corrected chi connectivity index (χ2v) is 8.40. The number of fused-ring (bicyclic) bond motifs is 5. The summed E-state index contributed by atoms with van der Waals surface area (Å²) in [4.78, 5) is 29.6. The van der Waals surface area contributed by atoms with Crippen LogP contribution < -0.4 is 9.47 Å². The molecule has 1 aromatic carbocycles. The quantitative estimate of drug-likeness (QED) is 0.444. The van der Waals surface area contributed by atoms with Crippen molar-refractivity contribution in [1.29, 1.82) is 0 Å². The van der Waals surface area contributed by atoms with Crippen LogP contribution in [0.25, 0.3) is 0 Å². The first-order valence-corrected chi connectivity index (χ1v) is 9.93. The van der Waals surface area contributed by atoms with Gasteiger partial charge in [-0.05, 0) is 61.1 Å². The van der Waals surface area contributed by atoms with E-state index in [0.717, 1.165) is 37.0 Å². The van der Waals surface area contributed by atoms with E-state index in [1.54, 1.807) is 20.3 Å². The Morgan fingerprint density at radius 2 is 2.00 bits per heavy atom. The Balaban J connectivity index is 1.74. The smallest absolute Gasteiger partial charge is 0.308 e. The fourth-order valence-electron chi connectivity index (χ4n) is 5.85. The zero-order valence-electron chi connectivity index (χ0n) is 16.9. The van der Waals surface area contributed by atoms with Crippen molar-refractivity contribution in [1.82, 2.24) is 0 Å². The molecule has 6 heteroatoms. The molecule has 28 heavy (non-hydrogen) atoms. The first-order chi connectivity index (χ1) is 13.4. The van der Waals surface area contributed by atoms with Gasteiger partial charge in [0, 0.05) is 24.3 Å². The van der Waals surface area contributed by atoms with Crippen molar-refractivity contribution in [2.75, 3.05) is 14.2 Å². The fraction of sp³-hybridized carbons (Fsp3) is 0.591. The molecule has 0 aliphatic heterocycles. The van der Waals surface area contributed by atoms with Gasteiger partial charge in [0.25, 0.3) is 0 Å². The summed E-state index contributed by atoms with van der Waals surface area (Å²) < 4.78 is 10.7.